The molecule has 0 aliphatic heterocycles. The van der Waals surface area contributed by atoms with Crippen LogP contribution in [0.1, 0.15) is 15.9 Å². The van der Waals surface area contributed by atoms with E-state index in [1.807, 2.05) is 43.5 Å². The number of ether oxygens (including phenoxy) is 1. The molecule has 118 valence electrons. The number of para-hydroxylation sites is 1. The van der Waals surface area contributed by atoms with Gasteiger partial charge in [0.1, 0.15) is 5.75 Å². The molecule has 0 atom stereocenters. The Morgan fingerprint density at radius 3 is 2.83 bits per heavy atom. The molecule has 1 heterocycles. The third-order valence-electron chi connectivity index (χ3n) is 3.49. The standard InChI is InChI=1S/C17H16N2O2S2/c1-10-5-4-6-14-15(10)18-17(23-14)19-16(20)12-8-7-11(22-3)9-13(12)21-2/h4-9H,1-3H3,(H,18,19,20). The molecule has 0 unspecified atom stereocenters. The molecule has 3 rings (SSSR count). The van der Waals surface area contributed by atoms with E-state index in [2.05, 4.69) is 10.3 Å². The van der Waals surface area contributed by atoms with Crippen LogP contribution >= 0.6 is 23.1 Å². The molecular formula is C17H16N2O2S2. The summed E-state index contributed by atoms with van der Waals surface area (Å²) in [5, 5.41) is 3.46. The van der Waals surface area contributed by atoms with Crippen molar-refractivity contribution in [2.45, 2.75) is 11.8 Å². The van der Waals surface area contributed by atoms with Crippen molar-refractivity contribution in [1.82, 2.24) is 4.98 Å². The van der Waals surface area contributed by atoms with Gasteiger partial charge in [0.2, 0.25) is 0 Å². The zero-order valence-corrected chi connectivity index (χ0v) is 14.7. The zero-order valence-electron chi connectivity index (χ0n) is 13.0. The number of carbonyl (C=O) groups excluding carboxylic acids is 1. The van der Waals surface area contributed by atoms with Crippen LogP contribution in [-0.2, 0) is 0 Å². The molecule has 2 aromatic carbocycles. The Labute approximate surface area is 142 Å². The van der Waals surface area contributed by atoms with Crippen LogP contribution in [0.3, 0.4) is 0 Å². The monoisotopic (exact) mass is 344 g/mol. The van der Waals surface area contributed by atoms with Crippen LogP contribution in [0.25, 0.3) is 10.2 Å². The summed E-state index contributed by atoms with van der Waals surface area (Å²) in [6, 6.07) is 11.6. The van der Waals surface area contributed by atoms with Gasteiger partial charge in [-0.3, -0.25) is 10.1 Å². The van der Waals surface area contributed by atoms with Crippen LogP contribution < -0.4 is 10.1 Å². The van der Waals surface area contributed by atoms with Crippen molar-refractivity contribution in [3.8, 4) is 5.75 Å². The van der Waals surface area contributed by atoms with Crippen LogP contribution in [0.2, 0.25) is 0 Å². The molecule has 3 aromatic rings. The smallest absolute Gasteiger partial charge is 0.261 e. The maximum absolute atomic E-state index is 12.5. The summed E-state index contributed by atoms with van der Waals surface area (Å²) in [5.74, 6) is 0.345. The normalized spacial score (nSPS) is 10.7. The Morgan fingerprint density at radius 1 is 1.30 bits per heavy atom. The second-order valence-corrected chi connectivity index (χ2v) is 6.87. The van der Waals surface area contributed by atoms with Gasteiger partial charge in [-0.05, 0) is 43.0 Å². The molecular weight excluding hydrogens is 328 g/mol. The summed E-state index contributed by atoms with van der Waals surface area (Å²) in [6.45, 7) is 2.01. The summed E-state index contributed by atoms with van der Waals surface area (Å²) in [7, 11) is 1.57. The van der Waals surface area contributed by atoms with Gasteiger partial charge in [0, 0.05) is 4.90 Å². The minimum absolute atomic E-state index is 0.216. The lowest BCUT2D eigenvalue weighted by Crippen LogP contribution is -2.13. The van der Waals surface area contributed by atoms with Gasteiger partial charge < -0.3 is 4.74 Å². The van der Waals surface area contributed by atoms with Crippen molar-refractivity contribution in [3.63, 3.8) is 0 Å². The van der Waals surface area contributed by atoms with Crippen LogP contribution in [0.5, 0.6) is 5.75 Å². The molecule has 6 heteroatoms. The van der Waals surface area contributed by atoms with E-state index in [4.69, 9.17) is 4.74 Å². The average Bonchev–Trinajstić information content (AvgIpc) is 2.98. The van der Waals surface area contributed by atoms with Crippen LogP contribution in [0.15, 0.2) is 41.3 Å². The molecule has 0 aliphatic rings. The number of benzene rings is 2. The van der Waals surface area contributed by atoms with Gasteiger partial charge in [-0.15, -0.1) is 11.8 Å². The second-order valence-electron chi connectivity index (χ2n) is 4.96. The zero-order chi connectivity index (χ0) is 16.4. The van der Waals surface area contributed by atoms with Crippen molar-refractivity contribution in [2.75, 3.05) is 18.7 Å². The third-order valence-corrected chi connectivity index (χ3v) is 5.16. The van der Waals surface area contributed by atoms with E-state index in [9.17, 15) is 4.79 Å². The van der Waals surface area contributed by atoms with Gasteiger partial charge in [-0.1, -0.05) is 23.5 Å². The van der Waals surface area contributed by atoms with Gasteiger partial charge in [0.15, 0.2) is 5.13 Å². The predicted molar refractivity (Wildman–Crippen MR) is 97.1 cm³/mol. The Hall–Kier alpha value is -2.05. The summed E-state index contributed by atoms with van der Waals surface area (Å²) >= 11 is 3.07. The van der Waals surface area contributed by atoms with E-state index in [1.165, 1.54) is 11.3 Å². The van der Waals surface area contributed by atoms with E-state index in [0.29, 0.717) is 16.4 Å². The molecule has 0 fully saturated rings. The summed E-state index contributed by atoms with van der Waals surface area (Å²) in [6.07, 6.45) is 1.98. The van der Waals surface area contributed by atoms with Crippen molar-refractivity contribution >= 4 is 44.4 Å². The fraction of sp³-hybridized carbons (Fsp3) is 0.176. The maximum Gasteiger partial charge on any atom is 0.261 e. The first-order valence-electron chi connectivity index (χ1n) is 7.02. The van der Waals surface area contributed by atoms with Crippen molar-refractivity contribution in [2.24, 2.45) is 0 Å². The number of nitrogens with zero attached hydrogens (tertiary/aromatic N) is 1. The van der Waals surface area contributed by atoms with Gasteiger partial charge in [0.25, 0.3) is 5.91 Å². The van der Waals surface area contributed by atoms with E-state index in [1.54, 1.807) is 24.9 Å². The SMILES string of the molecule is COc1cc(SC)ccc1C(=O)Nc1nc2c(C)cccc2s1. The lowest BCUT2D eigenvalue weighted by Gasteiger charge is -2.09. The van der Waals surface area contributed by atoms with Gasteiger partial charge >= 0.3 is 0 Å². The molecule has 1 amide bonds. The number of methoxy groups -OCH3 is 1. The summed E-state index contributed by atoms with van der Waals surface area (Å²) in [4.78, 5) is 18.1. The Morgan fingerprint density at radius 2 is 2.13 bits per heavy atom. The number of carbonyl (C=O) groups is 1. The fourth-order valence-electron chi connectivity index (χ4n) is 2.29. The van der Waals surface area contributed by atoms with E-state index >= 15 is 0 Å². The largest absolute Gasteiger partial charge is 0.496 e. The van der Waals surface area contributed by atoms with Crippen molar-refractivity contribution in [1.29, 1.82) is 0 Å². The highest BCUT2D eigenvalue weighted by atomic mass is 32.2. The Balaban J connectivity index is 1.90. The summed E-state index contributed by atoms with van der Waals surface area (Å²) in [5.41, 5.74) is 2.53. The molecule has 0 saturated carbocycles. The number of amides is 1. The highest BCUT2D eigenvalue weighted by Gasteiger charge is 2.15. The number of rotatable bonds is 4. The molecule has 4 nitrogen and oxygen atoms in total. The first-order valence-corrected chi connectivity index (χ1v) is 9.06. The van der Waals surface area contributed by atoms with Crippen molar-refractivity contribution < 1.29 is 9.53 Å². The number of fused-ring (bicyclic) bond motifs is 1. The lowest BCUT2D eigenvalue weighted by molar-refractivity contribution is 0.102. The molecule has 23 heavy (non-hydrogen) atoms. The van der Waals surface area contributed by atoms with E-state index in [0.717, 1.165) is 20.7 Å². The van der Waals surface area contributed by atoms with E-state index < -0.39 is 0 Å². The third kappa shape index (κ3) is 3.18. The number of hydrogen-bond donors (Lipinski definition) is 1. The average molecular weight is 344 g/mol. The minimum atomic E-state index is -0.216. The first-order chi connectivity index (χ1) is 11.1. The molecule has 0 saturated heterocycles. The Bertz CT molecular complexity index is 874. The lowest BCUT2D eigenvalue weighted by atomic mass is 10.2. The van der Waals surface area contributed by atoms with Crippen LogP contribution in [0.4, 0.5) is 5.13 Å². The number of thiazole rings is 1. The minimum Gasteiger partial charge on any atom is -0.496 e. The number of nitrogens with one attached hydrogen (secondary N) is 1. The highest BCUT2D eigenvalue weighted by Crippen LogP contribution is 2.30. The maximum atomic E-state index is 12.5. The molecule has 0 spiro atoms. The number of anilines is 1. The quantitative estimate of drug-likeness (QED) is 0.704. The first kappa shape index (κ1) is 15.8. The molecule has 0 radical (unpaired) electrons. The van der Waals surface area contributed by atoms with Gasteiger partial charge in [0.05, 0.1) is 22.9 Å². The van der Waals surface area contributed by atoms with Crippen molar-refractivity contribution in [3.05, 3.63) is 47.5 Å². The van der Waals surface area contributed by atoms with Crippen LogP contribution in [0, 0.1) is 6.92 Å². The summed E-state index contributed by atoms with van der Waals surface area (Å²) < 4.78 is 6.39. The fourth-order valence-corrected chi connectivity index (χ4v) is 3.66. The number of aryl methyl sites for hydroxylation is 1. The predicted octanol–water partition coefficient (Wildman–Crippen LogP) is 4.59. The topological polar surface area (TPSA) is 51.2 Å². The highest BCUT2D eigenvalue weighted by molar-refractivity contribution is 7.98. The molecule has 1 aromatic heterocycles. The number of thioether (sulfide) groups is 1. The Kier molecular flexibility index (Phi) is 4.54. The molecule has 1 N–H and O–H groups in total. The van der Waals surface area contributed by atoms with Gasteiger partial charge in [-0.2, -0.15) is 0 Å². The molecule has 0 aliphatic carbocycles. The number of hydrogen-bond acceptors (Lipinski definition) is 5. The number of aromatic nitrogens is 1. The van der Waals surface area contributed by atoms with Crippen LogP contribution in [-0.4, -0.2) is 24.3 Å². The van der Waals surface area contributed by atoms with Gasteiger partial charge in [-0.25, -0.2) is 4.98 Å². The molecule has 0 bridgehead atoms. The van der Waals surface area contributed by atoms with E-state index in [-0.39, 0.29) is 5.91 Å². The second kappa shape index (κ2) is 6.60.